The number of carbonyl (C=O) groups excluding carboxylic acids is 1. The third-order valence-electron chi connectivity index (χ3n) is 2.10. The molecule has 2 aromatic rings. The predicted octanol–water partition coefficient (Wildman–Crippen LogP) is 1.05. The van der Waals surface area contributed by atoms with Crippen LogP contribution in [-0.4, -0.2) is 22.4 Å². The zero-order chi connectivity index (χ0) is 13.0. The van der Waals surface area contributed by atoms with Crippen molar-refractivity contribution in [2.24, 2.45) is 10.8 Å². The first kappa shape index (κ1) is 11.8. The minimum atomic E-state index is -0.725. The Labute approximate surface area is 103 Å². The van der Waals surface area contributed by atoms with Gasteiger partial charge in [-0.05, 0) is 13.0 Å². The van der Waals surface area contributed by atoms with Crippen LogP contribution in [0.3, 0.4) is 0 Å². The standard InChI is InChI=1S/C11H11N5O2/c1-7-14-10(18-16-7)9-5-3-2-4-8(9)6-13-15-11(12)17/h2-6H,1H3,(H3,12,15,17). The van der Waals surface area contributed by atoms with Crippen LogP contribution >= 0.6 is 0 Å². The SMILES string of the molecule is Cc1noc(-c2ccccc2C=NNC(N)=O)n1. The van der Waals surface area contributed by atoms with Crippen molar-refractivity contribution in [3.8, 4) is 11.5 Å². The van der Waals surface area contributed by atoms with Crippen LogP contribution in [0.5, 0.6) is 0 Å². The van der Waals surface area contributed by atoms with E-state index in [1.165, 1.54) is 6.21 Å². The molecule has 18 heavy (non-hydrogen) atoms. The Balaban J connectivity index is 2.31. The highest BCUT2D eigenvalue weighted by Crippen LogP contribution is 2.20. The van der Waals surface area contributed by atoms with Gasteiger partial charge in [-0.25, -0.2) is 10.2 Å². The maximum absolute atomic E-state index is 10.5. The molecular formula is C11H11N5O2. The molecule has 0 bridgehead atoms. The Kier molecular flexibility index (Phi) is 3.33. The lowest BCUT2D eigenvalue weighted by atomic mass is 10.1. The largest absolute Gasteiger partial charge is 0.350 e. The Bertz CT molecular complexity index is 591. The normalized spacial score (nSPS) is 10.7. The summed E-state index contributed by atoms with van der Waals surface area (Å²) in [6.45, 7) is 1.73. The molecule has 1 heterocycles. The topological polar surface area (TPSA) is 106 Å². The molecule has 0 aliphatic rings. The zero-order valence-corrected chi connectivity index (χ0v) is 9.62. The third kappa shape index (κ3) is 2.70. The molecule has 0 radical (unpaired) electrons. The van der Waals surface area contributed by atoms with E-state index < -0.39 is 6.03 Å². The van der Waals surface area contributed by atoms with Gasteiger partial charge >= 0.3 is 6.03 Å². The molecule has 0 atom stereocenters. The van der Waals surface area contributed by atoms with E-state index in [1.807, 2.05) is 18.2 Å². The molecule has 0 aliphatic carbocycles. The molecule has 7 nitrogen and oxygen atoms in total. The Morgan fingerprint density at radius 3 is 2.94 bits per heavy atom. The van der Waals surface area contributed by atoms with E-state index in [-0.39, 0.29) is 0 Å². The number of hydrogen-bond acceptors (Lipinski definition) is 5. The fraction of sp³-hybridized carbons (Fsp3) is 0.0909. The van der Waals surface area contributed by atoms with Crippen LogP contribution in [0.4, 0.5) is 4.79 Å². The summed E-state index contributed by atoms with van der Waals surface area (Å²) < 4.78 is 5.08. The molecule has 0 fully saturated rings. The van der Waals surface area contributed by atoms with Crippen LogP contribution in [-0.2, 0) is 0 Å². The molecule has 3 N–H and O–H groups in total. The maximum Gasteiger partial charge on any atom is 0.332 e. The van der Waals surface area contributed by atoms with Crippen molar-refractivity contribution in [1.29, 1.82) is 0 Å². The first-order valence-corrected chi connectivity index (χ1v) is 5.15. The van der Waals surface area contributed by atoms with Crippen molar-refractivity contribution < 1.29 is 9.32 Å². The summed E-state index contributed by atoms with van der Waals surface area (Å²) in [5, 5.41) is 7.42. The summed E-state index contributed by atoms with van der Waals surface area (Å²) >= 11 is 0. The number of benzene rings is 1. The summed E-state index contributed by atoms with van der Waals surface area (Å²) in [4.78, 5) is 14.6. The quantitative estimate of drug-likeness (QED) is 0.622. The molecule has 0 unspecified atom stereocenters. The highest BCUT2D eigenvalue weighted by molar-refractivity contribution is 5.89. The number of hydrogen-bond donors (Lipinski definition) is 2. The molecule has 2 rings (SSSR count). The monoisotopic (exact) mass is 245 g/mol. The Morgan fingerprint density at radius 2 is 2.28 bits per heavy atom. The molecule has 1 aromatic heterocycles. The van der Waals surface area contributed by atoms with E-state index >= 15 is 0 Å². The van der Waals surface area contributed by atoms with Crippen LogP contribution < -0.4 is 11.2 Å². The highest BCUT2D eigenvalue weighted by Gasteiger charge is 2.09. The van der Waals surface area contributed by atoms with E-state index in [2.05, 4.69) is 20.7 Å². The van der Waals surface area contributed by atoms with Gasteiger partial charge in [-0.1, -0.05) is 23.4 Å². The number of primary amides is 1. The Hall–Kier alpha value is -2.70. The number of hydrazone groups is 1. The molecule has 0 saturated heterocycles. The van der Waals surface area contributed by atoms with Gasteiger partial charge in [0, 0.05) is 11.1 Å². The van der Waals surface area contributed by atoms with Crippen molar-refractivity contribution in [3.05, 3.63) is 35.7 Å². The van der Waals surface area contributed by atoms with Gasteiger partial charge < -0.3 is 10.3 Å². The van der Waals surface area contributed by atoms with Crippen LogP contribution in [0.25, 0.3) is 11.5 Å². The second-order valence-corrected chi connectivity index (χ2v) is 3.47. The van der Waals surface area contributed by atoms with Gasteiger partial charge in [0.15, 0.2) is 5.82 Å². The van der Waals surface area contributed by atoms with Crippen molar-refractivity contribution in [3.63, 3.8) is 0 Å². The van der Waals surface area contributed by atoms with Crippen molar-refractivity contribution in [1.82, 2.24) is 15.6 Å². The molecule has 1 aromatic carbocycles. The van der Waals surface area contributed by atoms with E-state index in [0.717, 1.165) is 11.1 Å². The van der Waals surface area contributed by atoms with Crippen molar-refractivity contribution in [2.75, 3.05) is 0 Å². The molecule has 92 valence electrons. The summed E-state index contributed by atoms with van der Waals surface area (Å²) in [6.07, 6.45) is 1.46. The van der Waals surface area contributed by atoms with Crippen LogP contribution in [0.1, 0.15) is 11.4 Å². The number of amides is 2. The summed E-state index contributed by atoms with van der Waals surface area (Å²) in [5.41, 5.74) is 8.49. The highest BCUT2D eigenvalue weighted by atomic mass is 16.5. The maximum atomic E-state index is 10.5. The first-order chi connectivity index (χ1) is 8.66. The molecular weight excluding hydrogens is 234 g/mol. The second-order valence-electron chi connectivity index (χ2n) is 3.47. The Morgan fingerprint density at radius 1 is 1.50 bits per heavy atom. The first-order valence-electron chi connectivity index (χ1n) is 5.15. The molecule has 2 amide bonds. The number of aryl methyl sites for hydroxylation is 1. The summed E-state index contributed by atoms with van der Waals surface area (Å²) in [5.74, 6) is 0.945. The average molecular weight is 245 g/mol. The molecule has 0 spiro atoms. The summed E-state index contributed by atoms with van der Waals surface area (Å²) in [6, 6.07) is 6.57. The average Bonchev–Trinajstić information content (AvgIpc) is 2.76. The zero-order valence-electron chi connectivity index (χ0n) is 9.62. The smallest absolute Gasteiger partial charge is 0.332 e. The molecule has 0 aliphatic heterocycles. The minimum Gasteiger partial charge on any atom is -0.350 e. The van der Waals surface area contributed by atoms with Gasteiger partial charge in [0.1, 0.15) is 0 Å². The second kappa shape index (κ2) is 5.09. The van der Waals surface area contributed by atoms with Gasteiger partial charge in [0.25, 0.3) is 5.89 Å². The van der Waals surface area contributed by atoms with Gasteiger partial charge in [-0.2, -0.15) is 10.1 Å². The van der Waals surface area contributed by atoms with Crippen molar-refractivity contribution >= 4 is 12.2 Å². The van der Waals surface area contributed by atoms with Crippen molar-refractivity contribution in [2.45, 2.75) is 6.92 Å². The van der Waals surface area contributed by atoms with Gasteiger partial charge in [0.05, 0.1) is 6.21 Å². The number of carbonyl (C=O) groups is 1. The van der Waals surface area contributed by atoms with E-state index in [4.69, 9.17) is 10.3 Å². The fourth-order valence-corrected chi connectivity index (χ4v) is 1.38. The predicted molar refractivity (Wildman–Crippen MR) is 64.8 cm³/mol. The van der Waals surface area contributed by atoms with Gasteiger partial charge in [0.2, 0.25) is 0 Å². The van der Waals surface area contributed by atoms with Gasteiger partial charge in [-0.15, -0.1) is 0 Å². The lowest BCUT2D eigenvalue weighted by Gasteiger charge is -1.99. The van der Waals surface area contributed by atoms with Crippen LogP contribution in [0.2, 0.25) is 0 Å². The number of nitrogens with zero attached hydrogens (tertiary/aromatic N) is 3. The van der Waals surface area contributed by atoms with Crippen LogP contribution in [0.15, 0.2) is 33.9 Å². The van der Waals surface area contributed by atoms with E-state index in [0.29, 0.717) is 11.7 Å². The fourth-order valence-electron chi connectivity index (χ4n) is 1.38. The lowest BCUT2D eigenvalue weighted by Crippen LogP contribution is -2.24. The van der Waals surface area contributed by atoms with Crippen LogP contribution in [0, 0.1) is 6.92 Å². The summed E-state index contributed by atoms with van der Waals surface area (Å²) in [7, 11) is 0. The number of nitrogens with one attached hydrogen (secondary N) is 1. The number of aromatic nitrogens is 2. The number of nitrogens with two attached hydrogens (primary N) is 1. The molecule has 0 saturated carbocycles. The minimum absolute atomic E-state index is 0.397. The number of urea groups is 1. The molecule has 7 heteroatoms. The number of rotatable bonds is 3. The van der Waals surface area contributed by atoms with E-state index in [9.17, 15) is 4.79 Å². The lowest BCUT2D eigenvalue weighted by molar-refractivity contribution is 0.249. The van der Waals surface area contributed by atoms with E-state index in [1.54, 1.807) is 13.0 Å². The third-order valence-corrected chi connectivity index (χ3v) is 2.10. The van der Waals surface area contributed by atoms with Gasteiger partial charge in [-0.3, -0.25) is 0 Å².